The van der Waals surface area contributed by atoms with Crippen molar-refractivity contribution in [3.05, 3.63) is 60.4 Å². The quantitative estimate of drug-likeness (QED) is 0.492. The second-order valence-corrected chi connectivity index (χ2v) is 6.07. The third kappa shape index (κ3) is 3.50. The molecule has 0 bridgehead atoms. The first-order valence-corrected chi connectivity index (χ1v) is 8.00. The van der Waals surface area contributed by atoms with E-state index in [4.69, 9.17) is 0 Å². The van der Waals surface area contributed by atoms with Crippen molar-refractivity contribution in [2.24, 2.45) is 14.1 Å². The Morgan fingerprint density at radius 3 is 2.22 bits per heavy atom. The summed E-state index contributed by atoms with van der Waals surface area (Å²) in [6, 6.07) is 16.6. The molecule has 2 heterocycles. The monoisotopic (exact) mass is 407 g/mol. The van der Waals surface area contributed by atoms with Gasteiger partial charge in [0.25, 0.3) is 0 Å². The van der Waals surface area contributed by atoms with Gasteiger partial charge in [-0.2, -0.15) is 0 Å². The van der Waals surface area contributed by atoms with Crippen LogP contribution in [0.3, 0.4) is 0 Å². The molecule has 0 atom stereocenters. The van der Waals surface area contributed by atoms with Gasteiger partial charge in [0.1, 0.15) is 5.82 Å². The molecule has 2 aromatic heterocycles. The molecule has 0 fully saturated rings. The summed E-state index contributed by atoms with van der Waals surface area (Å²) in [4.78, 5) is 1.89. The van der Waals surface area contributed by atoms with Crippen molar-refractivity contribution >= 4 is 47.4 Å². The minimum absolute atomic E-state index is 0. The summed E-state index contributed by atoms with van der Waals surface area (Å²) in [6.07, 6.45) is 0. The summed E-state index contributed by atoms with van der Waals surface area (Å²) in [6.45, 7) is 0. The fraction of sp³-hybridized carbons (Fsp3) is 0.158. The molecule has 27 heavy (non-hydrogen) atoms. The molecule has 0 aliphatic carbocycles. The van der Waals surface area contributed by atoms with Crippen LogP contribution in [-0.4, -0.2) is 26.4 Å². The predicted octanol–water partition coefficient (Wildman–Crippen LogP) is 4.72. The van der Waals surface area contributed by atoms with Crippen molar-refractivity contribution in [1.82, 2.24) is 19.3 Å². The van der Waals surface area contributed by atoms with Gasteiger partial charge in [-0.05, 0) is 36.4 Å². The minimum Gasteiger partial charge on any atom is -0.341 e. The fourth-order valence-corrected chi connectivity index (χ4v) is 3.12. The van der Waals surface area contributed by atoms with Crippen LogP contribution < -0.4 is 4.90 Å². The highest BCUT2D eigenvalue weighted by atomic mass is 35.5. The molecule has 0 radical (unpaired) electrons. The Morgan fingerprint density at radius 1 is 0.889 bits per heavy atom. The van der Waals surface area contributed by atoms with Gasteiger partial charge >= 0.3 is 0 Å². The van der Waals surface area contributed by atoms with Crippen LogP contribution in [0.4, 0.5) is 16.0 Å². The van der Waals surface area contributed by atoms with E-state index in [1.165, 1.54) is 12.1 Å². The number of halogens is 3. The molecule has 0 amide bonds. The zero-order valence-electron chi connectivity index (χ0n) is 15.1. The molecule has 0 unspecified atom stereocenters. The molecular formula is C19H20Cl2FN5. The second-order valence-electron chi connectivity index (χ2n) is 6.07. The van der Waals surface area contributed by atoms with Crippen molar-refractivity contribution in [2.75, 3.05) is 11.9 Å². The smallest absolute Gasteiger partial charge is 0.231 e. The van der Waals surface area contributed by atoms with E-state index in [1.54, 1.807) is 12.1 Å². The molecule has 5 nitrogen and oxygen atoms in total. The average Bonchev–Trinajstić information content (AvgIpc) is 3.15. The van der Waals surface area contributed by atoms with E-state index in [0.29, 0.717) is 5.95 Å². The van der Waals surface area contributed by atoms with Crippen molar-refractivity contribution in [1.29, 1.82) is 0 Å². The van der Waals surface area contributed by atoms with Crippen LogP contribution in [-0.2, 0) is 14.1 Å². The third-order valence-corrected chi connectivity index (χ3v) is 4.55. The Balaban J connectivity index is 0.00000131. The number of aryl methyl sites for hydroxylation is 1. The first-order valence-electron chi connectivity index (χ1n) is 8.00. The lowest BCUT2D eigenvalue weighted by molar-refractivity contribution is 0.628. The topological polar surface area (TPSA) is 38.9 Å². The standard InChI is InChI=1S/C19H18FN5.2ClH/c1-23(15-10-8-14(20)9-11-15)19-22-21-18(25(19)3)17-12-13-6-4-5-7-16(13)24(17)2;;/h4-12H,1-3H3;2*1H. The summed E-state index contributed by atoms with van der Waals surface area (Å²) in [5.74, 6) is 1.21. The van der Waals surface area contributed by atoms with Gasteiger partial charge in [-0.1, -0.05) is 18.2 Å². The van der Waals surface area contributed by atoms with Crippen LogP contribution in [0.5, 0.6) is 0 Å². The number of benzene rings is 2. The van der Waals surface area contributed by atoms with E-state index in [9.17, 15) is 4.39 Å². The van der Waals surface area contributed by atoms with Gasteiger partial charge in [0.2, 0.25) is 5.95 Å². The Kier molecular flexibility index (Phi) is 6.13. The molecule has 0 N–H and O–H groups in total. The highest BCUT2D eigenvalue weighted by molar-refractivity contribution is 5.86. The number of hydrogen-bond acceptors (Lipinski definition) is 3. The lowest BCUT2D eigenvalue weighted by atomic mass is 10.2. The largest absolute Gasteiger partial charge is 0.341 e. The highest BCUT2D eigenvalue weighted by Crippen LogP contribution is 2.29. The molecule has 0 spiro atoms. The van der Waals surface area contributed by atoms with Gasteiger partial charge in [-0.15, -0.1) is 35.0 Å². The normalized spacial score (nSPS) is 10.4. The van der Waals surface area contributed by atoms with Crippen molar-refractivity contribution in [2.45, 2.75) is 0 Å². The van der Waals surface area contributed by atoms with Gasteiger partial charge < -0.3 is 9.47 Å². The van der Waals surface area contributed by atoms with Crippen molar-refractivity contribution in [3.63, 3.8) is 0 Å². The highest BCUT2D eigenvalue weighted by Gasteiger charge is 2.18. The maximum Gasteiger partial charge on any atom is 0.231 e. The molecule has 2 aromatic carbocycles. The van der Waals surface area contributed by atoms with E-state index >= 15 is 0 Å². The molecular weight excluding hydrogens is 388 g/mol. The fourth-order valence-electron chi connectivity index (χ4n) is 3.12. The lowest BCUT2D eigenvalue weighted by Gasteiger charge is -2.18. The predicted molar refractivity (Wildman–Crippen MR) is 112 cm³/mol. The molecule has 0 saturated heterocycles. The van der Waals surface area contributed by atoms with Crippen LogP contribution in [0.25, 0.3) is 22.4 Å². The Hall–Kier alpha value is -2.57. The van der Waals surface area contributed by atoms with Crippen LogP contribution in [0.15, 0.2) is 54.6 Å². The SMILES string of the molecule is CN(c1ccc(F)cc1)c1nnc(-c2cc3ccccc3n2C)n1C.Cl.Cl. The first-order chi connectivity index (χ1) is 12.1. The molecule has 142 valence electrons. The first kappa shape index (κ1) is 20.7. The van der Waals surface area contributed by atoms with Gasteiger partial charge in [-0.3, -0.25) is 4.57 Å². The number of aromatic nitrogens is 4. The van der Waals surface area contributed by atoms with Crippen LogP contribution in [0.1, 0.15) is 0 Å². The Morgan fingerprint density at radius 2 is 1.56 bits per heavy atom. The molecule has 4 aromatic rings. The molecule has 0 aliphatic heterocycles. The van der Waals surface area contributed by atoms with E-state index in [2.05, 4.69) is 33.0 Å². The van der Waals surface area contributed by atoms with Gasteiger partial charge in [0.15, 0.2) is 5.82 Å². The maximum absolute atomic E-state index is 13.1. The molecule has 8 heteroatoms. The summed E-state index contributed by atoms with van der Waals surface area (Å²) >= 11 is 0. The Bertz CT molecular complexity index is 1060. The molecule has 4 rings (SSSR count). The van der Waals surface area contributed by atoms with E-state index in [-0.39, 0.29) is 30.6 Å². The number of anilines is 2. The van der Waals surface area contributed by atoms with E-state index in [1.807, 2.05) is 42.7 Å². The minimum atomic E-state index is -0.258. The van der Waals surface area contributed by atoms with Crippen LogP contribution in [0.2, 0.25) is 0 Å². The third-order valence-electron chi connectivity index (χ3n) is 4.55. The Labute approximate surface area is 169 Å². The van der Waals surface area contributed by atoms with Gasteiger partial charge in [0.05, 0.1) is 5.69 Å². The zero-order chi connectivity index (χ0) is 17.6. The molecule has 0 aliphatic rings. The van der Waals surface area contributed by atoms with Crippen molar-refractivity contribution < 1.29 is 4.39 Å². The number of nitrogens with zero attached hydrogens (tertiary/aromatic N) is 5. The van der Waals surface area contributed by atoms with Crippen LogP contribution >= 0.6 is 24.8 Å². The van der Waals surface area contributed by atoms with E-state index < -0.39 is 0 Å². The summed E-state index contributed by atoms with van der Waals surface area (Å²) < 4.78 is 17.2. The lowest BCUT2D eigenvalue weighted by Crippen LogP contribution is -2.14. The average molecular weight is 408 g/mol. The second kappa shape index (κ2) is 7.98. The number of rotatable bonds is 3. The summed E-state index contributed by atoms with van der Waals surface area (Å²) in [7, 11) is 5.85. The van der Waals surface area contributed by atoms with Crippen molar-refractivity contribution in [3.8, 4) is 11.5 Å². The van der Waals surface area contributed by atoms with Gasteiger partial charge in [0, 0.05) is 37.7 Å². The number of hydrogen-bond donors (Lipinski definition) is 0. The van der Waals surface area contributed by atoms with Gasteiger partial charge in [-0.25, -0.2) is 4.39 Å². The zero-order valence-corrected chi connectivity index (χ0v) is 16.8. The molecule has 0 saturated carbocycles. The number of para-hydroxylation sites is 1. The van der Waals surface area contributed by atoms with Crippen LogP contribution in [0, 0.1) is 5.82 Å². The van der Waals surface area contributed by atoms with E-state index in [0.717, 1.165) is 28.1 Å². The maximum atomic E-state index is 13.1. The summed E-state index contributed by atoms with van der Waals surface area (Å²) in [5.41, 5.74) is 2.99. The summed E-state index contributed by atoms with van der Waals surface area (Å²) in [5, 5.41) is 9.88. The number of fused-ring (bicyclic) bond motifs is 1.